The molecule has 0 aliphatic carbocycles. The van der Waals surface area contributed by atoms with E-state index < -0.39 is 5.82 Å². The Kier molecular flexibility index (Phi) is 5.38. The summed E-state index contributed by atoms with van der Waals surface area (Å²) in [6.07, 6.45) is 4.93. The summed E-state index contributed by atoms with van der Waals surface area (Å²) in [5.41, 5.74) is 0.567. The number of piperidine rings is 1. The summed E-state index contributed by atoms with van der Waals surface area (Å²) in [4.78, 5) is 14.9. The summed E-state index contributed by atoms with van der Waals surface area (Å²) < 4.78 is 13.5. The number of rotatable bonds is 3. The quantitative estimate of drug-likeness (QED) is 0.889. The van der Waals surface area contributed by atoms with Gasteiger partial charge in [-0.3, -0.25) is 4.79 Å². The van der Waals surface area contributed by atoms with Gasteiger partial charge in [0.25, 0.3) is 0 Å². The lowest BCUT2D eigenvalue weighted by Gasteiger charge is -2.35. The molecular formula is C17H23ClFN3O. The summed E-state index contributed by atoms with van der Waals surface area (Å²) in [5, 5.41) is 6.89. The molecule has 4 nitrogen and oxygen atoms in total. The van der Waals surface area contributed by atoms with E-state index in [9.17, 15) is 9.18 Å². The van der Waals surface area contributed by atoms with Gasteiger partial charge >= 0.3 is 0 Å². The van der Waals surface area contributed by atoms with Gasteiger partial charge in [0.05, 0.1) is 0 Å². The van der Waals surface area contributed by atoms with Crippen molar-refractivity contribution < 1.29 is 9.18 Å². The Bertz CT molecular complexity index is 543. The maximum atomic E-state index is 13.5. The standard InChI is InChI=1S/C17H23ClFN3O/c18-12-8-13(19)10-14(9-12)21-16-5-1-2-7-22(17(16)23)15-4-3-6-20-11-15/h8-10,15-16,20-21H,1-7,11H2/t15?,16-/m1/s1. The summed E-state index contributed by atoms with van der Waals surface area (Å²) in [6.45, 7) is 2.71. The number of benzene rings is 1. The van der Waals surface area contributed by atoms with Gasteiger partial charge < -0.3 is 15.5 Å². The molecule has 1 amide bonds. The van der Waals surface area contributed by atoms with Crippen molar-refractivity contribution in [3.05, 3.63) is 29.0 Å². The lowest BCUT2D eigenvalue weighted by atomic mass is 10.0. The van der Waals surface area contributed by atoms with Gasteiger partial charge in [-0.15, -0.1) is 0 Å². The van der Waals surface area contributed by atoms with Crippen molar-refractivity contribution in [3.8, 4) is 0 Å². The van der Waals surface area contributed by atoms with Crippen molar-refractivity contribution in [2.24, 2.45) is 0 Å². The van der Waals surface area contributed by atoms with Gasteiger partial charge in [0.15, 0.2) is 0 Å². The van der Waals surface area contributed by atoms with Crippen LogP contribution < -0.4 is 10.6 Å². The van der Waals surface area contributed by atoms with E-state index in [4.69, 9.17) is 11.6 Å². The molecule has 0 aromatic heterocycles. The Morgan fingerprint density at radius 3 is 2.83 bits per heavy atom. The van der Waals surface area contributed by atoms with Crippen LogP contribution in [0.4, 0.5) is 10.1 Å². The minimum Gasteiger partial charge on any atom is -0.374 e. The predicted molar refractivity (Wildman–Crippen MR) is 90.3 cm³/mol. The first-order chi connectivity index (χ1) is 11.1. The van der Waals surface area contributed by atoms with Crippen LogP contribution in [0, 0.1) is 5.82 Å². The molecule has 1 aromatic rings. The van der Waals surface area contributed by atoms with Crippen LogP contribution in [0.15, 0.2) is 18.2 Å². The number of amides is 1. The fourth-order valence-corrected chi connectivity index (χ4v) is 3.72. The largest absolute Gasteiger partial charge is 0.374 e. The molecule has 0 saturated carbocycles. The first kappa shape index (κ1) is 16.5. The van der Waals surface area contributed by atoms with E-state index in [-0.39, 0.29) is 18.0 Å². The number of anilines is 1. The molecule has 2 aliphatic rings. The average molecular weight is 340 g/mol. The molecule has 2 saturated heterocycles. The van der Waals surface area contributed by atoms with E-state index in [1.807, 2.05) is 4.90 Å². The summed E-state index contributed by atoms with van der Waals surface area (Å²) >= 11 is 5.90. The van der Waals surface area contributed by atoms with Crippen molar-refractivity contribution in [1.29, 1.82) is 0 Å². The smallest absolute Gasteiger partial charge is 0.245 e. The first-order valence-electron chi connectivity index (χ1n) is 8.37. The third kappa shape index (κ3) is 4.15. The molecule has 1 aromatic carbocycles. The molecule has 126 valence electrons. The van der Waals surface area contributed by atoms with E-state index in [2.05, 4.69) is 10.6 Å². The average Bonchev–Trinajstić information content (AvgIpc) is 2.70. The Morgan fingerprint density at radius 2 is 2.09 bits per heavy atom. The van der Waals surface area contributed by atoms with Crippen molar-refractivity contribution in [2.45, 2.75) is 44.2 Å². The second-order valence-corrected chi connectivity index (χ2v) is 6.82. The van der Waals surface area contributed by atoms with Crippen LogP contribution in [-0.4, -0.2) is 42.5 Å². The Labute approximate surface area is 141 Å². The summed E-state index contributed by atoms with van der Waals surface area (Å²) in [6, 6.07) is 4.28. The number of likely N-dealkylation sites (tertiary alicyclic amines) is 1. The maximum absolute atomic E-state index is 13.5. The highest BCUT2D eigenvalue weighted by Gasteiger charge is 2.32. The van der Waals surface area contributed by atoms with Gasteiger partial charge in [-0.05, 0) is 56.8 Å². The molecule has 2 N–H and O–H groups in total. The van der Waals surface area contributed by atoms with Crippen LogP contribution in [-0.2, 0) is 4.79 Å². The molecule has 2 fully saturated rings. The number of halogens is 2. The van der Waals surface area contributed by atoms with Crippen molar-refractivity contribution in [2.75, 3.05) is 25.0 Å². The molecule has 0 radical (unpaired) electrons. The Hall–Kier alpha value is -1.33. The van der Waals surface area contributed by atoms with Crippen LogP contribution in [0.2, 0.25) is 5.02 Å². The van der Waals surface area contributed by atoms with Crippen LogP contribution in [0.25, 0.3) is 0 Å². The summed E-state index contributed by atoms with van der Waals surface area (Å²) in [7, 11) is 0. The number of nitrogens with zero attached hydrogens (tertiary/aromatic N) is 1. The molecule has 0 bridgehead atoms. The highest BCUT2D eigenvalue weighted by Crippen LogP contribution is 2.23. The number of carbonyl (C=O) groups excluding carboxylic acids is 1. The van der Waals surface area contributed by atoms with Crippen molar-refractivity contribution >= 4 is 23.2 Å². The highest BCUT2D eigenvalue weighted by atomic mass is 35.5. The van der Waals surface area contributed by atoms with E-state index in [1.54, 1.807) is 6.07 Å². The SMILES string of the molecule is O=C1[C@H](Nc2cc(F)cc(Cl)c2)CCCCN1C1CCCNC1. The van der Waals surface area contributed by atoms with E-state index in [1.165, 1.54) is 12.1 Å². The topological polar surface area (TPSA) is 44.4 Å². The van der Waals surface area contributed by atoms with Crippen LogP contribution >= 0.6 is 11.6 Å². The van der Waals surface area contributed by atoms with Gasteiger partial charge in [-0.2, -0.15) is 0 Å². The van der Waals surface area contributed by atoms with E-state index >= 15 is 0 Å². The number of hydrogen-bond donors (Lipinski definition) is 2. The molecule has 23 heavy (non-hydrogen) atoms. The first-order valence-corrected chi connectivity index (χ1v) is 8.75. The third-order valence-electron chi connectivity index (χ3n) is 4.64. The minimum absolute atomic E-state index is 0.122. The zero-order valence-electron chi connectivity index (χ0n) is 13.2. The lowest BCUT2D eigenvalue weighted by Crippen LogP contribution is -2.52. The molecule has 0 spiro atoms. The fraction of sp³-hybridized carbons (Fsp3) is 0.588. The Morgan fingerprint density at radius 1 is 1.22 bits per heavy atom. The zero-order chi connectivity index (χ0) is 16.2. The molecular weight excluding hydrogens is 317 g/mol. The van der Waals surface area contributed by atoms with Crippen LogP contribution in [0.1, 0.15) is 32.1 Å². The van der Waals surface area contributed by atoms with Crippen molar-refractivity contribution in [3.63, 3.8) is 0 Å². The van der Waals surface area contributed by atoms with Gasteiger partial charge in [0.1, 0.15) is 11.9 Å². The van der Waals surface area contributed by atoms with E-state index in [0.717, 1.165) is 51.7 Å². The van der Waals surface area contributed by atoms with E-state index in [0.29, 0.717) is 10.7 Å². The number of carbonyl (C=O) groups is 1. The monoisotopic (exact) mass is 339 g/mol. The second-order valence-electron chi connectivity index (χ2n) is 6.38. The number of nitrogens with one attached hydrogen (secondary N) is 2. The minimum atomic E-state index is -0.394. The van der Waals surface area contributed by atoms with Crippen LogP contribution in [0.5, 0.6) is 0 Å². The van der Waals surface area contributed by atoms with Gasteiger partial charge in [0.2, 0.25) is 5.91 Å². The maximum Gasteiger partial charge on any atom is 0.245 e. The second kappa shape index (κ2) is 7.49. The van der Waals surface area contributed by atoms with Gasteiger partial charge in [0, 0.05) is 29.8 Å². The number of hydrogen-bond acceptors (Lipinski definition) is 3. The molecule has 1 unspecified atom stereocenters. The van der Waals surface area contributed by atoms with Gasteiger partial charge in [-0.1, -0.05) is 11.6 Å². The third-order valence-corrected chi connectivity index (χ3v) is 4.86. The molecule has 3 rings (SSSR count). The molecule has 2 aliphatic heterocycles. The predicted octanol–water partition coefficient (Wildman–Crippen LogP) is 3.02. The van der Waals surface area contributed by atoms with Crippen LogP contribution in [0.3, 0.4) is 0 Å². The fourth-order valence-electron chi connectivity index (χ4n) is 3.50. The Balaban J connectivity index is 1.73. The molecule has 6 heteroatoms. The molecule has 2 heterocycles. The van der Waals surface area contributed by atoms with Gasteiger partial charge in [-0.25, -0.2) is 4.39 Å². The lowest BCUT2D eigenvalue weighted by molar-refractivity contribution is -0.134. The normalized spacial score (nSPS) is 26.0. The van der Waals surface area contributed by atoms with Crippen molar-refractivity contribution in [1.82, 2.24) is 10.2 Å². The molecule has 2 atom stereocenters. The summed E-state index contributed by atoms with van der Waals surface area (Å²) in [5.74, 6) is -0.272. The zero-order valence-corrected chi connectivity index (χ0v) is 13.9. The highest BCUT2D eigenvalue weighted by molar-refractivity contribution is 6.30.